The van der Waals surface area contributed by atoms with Gasteiger partial charge < -0.3 is 9.47 Å². The van der Waals surface area contributed by atoms with Crippen molar-refractivity contribution in [2.24, 2.45) is 5.10 Å². The minimum atomic E-state index is -0.0268. The molecule has 0 saturated heterocycles. The molecule has 1 unspecified atom stereocenters. The van der Waals surface area contributed by atoms with Crippen LogP contribution >= 0.6 is 22.7 Å². The number of rotatable bonds is 6. The van der Waals surface area contributed by atoms with E-state index in [0.717, 1.165) is 41.5 Å². The third-order valence-corrected chi connectivity index (χ3v) is 7.89. The van der Waals surface area contributed by atoms with Crippen LogP contribution in [0.2, 0.25) is 0 Å². The SMILES string of the molecule is COc1cc2c(cc1OC)CN(CC(=O)N1N=C(c3cccs3)CC1c1cccs1)CC2. The third-order valence-electron chi connectivity index (χ3n) is 6.00. The molecule has 0 N–H and O–H groups in total. The molecule has 0 saturated carbocycles. The summed E-state index contributed by atoms with van der Waals surface area (Å²) in [6.07, 6.45) is 1.63. The number of hydrazone groups is 1. The van der Waals surface area contributed by atoms with Gasteiger partial charge in [0, 0.05) is 24.4 Å². The van der Waals surface area contributed by atoms with Crippen molar-refractivity contribution in [2.45, 2.75) is 25.4 Å². The van der Waals surface area contributed by atoms with Crippen molar-refractivity contribution < 1.29 is 14.3 Å². The molecular formula is C24H25N3O3S2. The highest BCUT2D eigenvalue weighted by Crippen LogP contribution is 2.37. The Bertz CT molecular complexity index is 1130. The van der Waals surface area contributed by atoms with Crippen molar-refractivity contribution in [1.29, 1.82) is 0 Å². The first-order valence-corrected chi connectivity index (χ1v) is 12.3. The van der Waals surface area contributed by atoms with Crippen LogP contribution in [0.25, 0.3) is 0 Å². The molecule has 1 aromatic carbocycles. The maximum Gasteiger partial charge on any atom is 0.257 e. The summed E-state index contributed by atoms with van der Waals surface area (Å²) < 4.78 is 10.9. The average Bonchev–Trinajstić information content (AvgIpc) is 3.58. The average molecular weight is 468 g/mol. The van der Waals surface area contributed by atoms with E-state index in [9.17, 15) is 4.79 Å². The Labute approximate surface area is 195 Å². The number of hydrogen-bond donors (Lipinski definition) is 0. The van der Waals surface area contributed by atoms with Crippen molar-refractivity contribution in [2.75, 3.05) is 27.3 Å². The molecule has 166 valence electrons. The molecule has 0 fully saturated rings. The molecule has 0 spiro atoms. The largest absolute Gasteiger partial charge is 0.493 e. The Balaban J connectivity index is 1.34. The molecule has 1 amide bonds. The lowest BCUT2D eigenvalue weighted by atomic mass is 9.98. The fourth-order valence-electron chi connectivity index (χ4n) is 4.37. The minimum absolute atomic E-state index is 0.0268. The summed E-state index contributed by atoms with van der Waals surface area (Å²) in [5.41, 5.74) is 3.43. The van der Waals surface area contributed by atoms with Gasteiger partial charge in [0.25, 0.3) is 5.91 Å². The first-order valence-electron chi connectivity index (χ1n) is 10.6. The summed E-state index contributed by atoms with van der Waals surface area (Å²) in [6, 6.07) is 12.3. The van der Waals surface area contributed by atoms with Crippen LogP contribution in [-0.4, -0.2) is 48.8 Å². The lowest BCUT2D eigenvalue weighted by Crippen LogP contribution is -2.40. The number of carbonyl (C=O) groups excluding carboxylic acids is 1. The van der Waals surface area contributed by atoms with Gasteiger partial charge in [0.05, 0.1) is 37.4 Å². The summed E-state index contributed by atoms with van der Waals surface area (Å²) >= 11 is 3.35. The molecule has 6 nitrogen and oxygen atoms in total. The van der Waals surface area contributed by atoms with Crippen molar-refractivity contribution in [3.05, 3.63) is 68.0 Å². The normalized spacial score (nSPS) is 18.4. The molecule has 4 heterocycles. The van der Waals surface area contributed by atoms with Crippen LogP contribution in [0.1, 0.15) is 33.3 Å². The lowest BCUT2D eigenvalue weighted by Gasteiger charge is -2.30. The van der Waals surface area contributed by atoms with Crippen LogP contribution in [0.15, 0.2) is 52.3 Å². The highest BCUT2D eigenvalue weighted by atomic mass is 32.1. The quantitative estimate of drug-likeness (QED) is 0.533. The summed E-state index contributed by atoms with van der Waals surface area (Å²) in [5, 5.41) is 10.6. The zero-order valence-corrected chi connectivity index (χ0v) is 19.7. The first-order chi connectivity index (χ1) is 15.7. The fourth-order valence-corrected chi connectivity index (χ4v) is 5.91. The van der Waals surface area contributed by atoms with Gasteiger partial charge in [-0.05, 0) is 52.6 Å². The molecule has 1 atom stereocenters. The van der Waals surface area contributed by atoms with Crippen molar-refractivity contribution in [1.82, 2.24) is 9.91 Å². The Kier molecular flexibility index (Phi) is 5.99. The predicted octanol–water partition coefficient (Wildman–Crippen LogP) is 4.56. The van der Waals surface area contributed by atoms with E-state index >= 15 is 0 Å². The molecular weight excluding hydrogens is 442 g/mol. The van der Waals surface area contributed by atoms with Gasteiger partial charge in [-0.1, -0.05) is 12.1 Å². The van der Waals surface area contributed by atoms with Gasteiger partial charge in [0.15, 0.2) is 11.5 Å². The van der Waals surface area contributed by atoms with Gasteiger partial charge in [-0.25, -0.2) is 5.01 Å². The number of amides is 1. The second-order valence-electron chi connectivity index (χ2n) is 7.93. The lowest BCUT2D eigenvalue weighted by molar-refractivity contribution is -0.134. The second-order valence-corrected chi connectivity index (χ2v) is 9.86. The van der Waals surface area contributed by atoms with E-state index in [1.165, 1.54) is 16.0 Å². The zero-order valence-electron chi connectivity index (χ0n) is 18.1. The number of benzene rings is 1. The molecule has 5 rings (SSSR count). The van der Waals surface area contributed by atoms with Crippen LogP contribution in [0.5, 0.6) is 11.5 Å². The minimum Gasteiger partial charge on any atom is -0.493 e. The van der Waals surface area contributed by atoms with E-state index in [-0.39, 0.29) is 11.9 Å². The Morgan fingerprint density at radius 1 is 1.09 bits per heavy atom. The second kappa shape index (κ2) is 9.05. The Morgan fingerprint density at radius 2 is 1.84 bits per heavy atom. The highest BCUT2D eigenvalue weighted by Gasteiger charge is 2.35. The van der Waals surface area contributed by atoms with Crippen molar-refractivity contribution in [3.63, 3.8) is 0 Å². The Hall–Kier alpha value is -2.68. The van der Waals surface area contributed by atoms with Crippen LogP contribution in [0.3, 0.4) is 0 Å². The van der Waals surface area contributed by atoms with Crippen molar-refractivity contribution >= 4 is 34.3 Å². The molecule has 32 heavy (non-hydrogen) atoms. The number of carbonyl (C=O) groups is 1. The maximum absolute atomic E-state index is 13.4. The molecule has 2 aliphatic rings. The highest BCUT2D eigenvalue weighted by molar-refractivity contribution is 7.12. The van der Waals surface area contributed by atoms with E-state index in [0.29, 0.717) is 13.1 Å². The van der Waals surface area contributed by atoms with Gasteiger partial charge in [0.2, 0.25) is 0 Å². The molecule has 0 radical (unpaired) electrons. The summed E-state index contributed by atoms with van der Waals surface area (Å²) in [4.78, 5) is 17.9. The van der Waals surface area contributed by atoms with Crippen molar-refractivity contribution in [3.8, 4) is 11.5 Å². The van der Waals surface area contributed by atoms with Gasteiger partial charge >= 0.3 is 0 Å². The van der Waals surface area contributed by atoms with Gasteiger partial charge in [0.1, 0.15) is 0 Å². The van der Waals surface area contributed by atoms with Gasteiger partial charge in [-0.15, -0.1) is 22.7 Å². The fraction of sp³-hybridized carbons (Fsp3) is 0.333. The number of nitrogens with zero attached hydrogens (tertiary/aromatic N) is 3. The van der Waals surface area contributed by atoms with E-state index in [1.807, 2.05) is 18.2 Å². The van der Waals surface area contributed by atoms with E-state index < -0.39 is 0 Å². The van der Waals surface area contributed by atoms with E-state index in [2.05, 4.69) is 33.9 Å². The molecule has 3 aromatic rings. The van der Waals surface area contributed by atoms with E-state index in [4.69, 9.17) is 14.6 Å². The number of methoxy groups -OCH3 is 2. The molecule has 0 bridgehead atoms. The maximum atomic E-state index is 13.4. The predicted molar refractivity (Wildman–Crippen MR) is 128 cm³/mol. The smallest absolute Gasteiger partial charge is 0.257 e. The van der Waals surface area contributed by atoms with Crippen LogP contribution in [-0.2, 0) is 17.8 Å². The Morgan fingerprint density at radius 3 is 2.53 bits per heavy atom. The topological polar surface area (TPSA) is 54.4 Å². The molecule has 8 heteroatoms. The monoisotopic (exact) mass is 467 g/mol. The van der Waals surface area contributed by atoms with Gasteiger partial charge in [-0.3, -0.25) is 9.69 Å². The zero-order chi connectivity index (χ0) is 22.1. The van der Waals surface area contributed by atoms with Crippen LogP contribution in [0.4, 0.5) is 0 Å². The number of fused-ring (bicyclic) bond motifs is 1. The number of ether oxygens (including phenoxy) is 2. The summed E-state index contributed by atoms with van der Waals surface area (Å²) in [5.74, 6) is 1.52. The number of thiophene rings is 2. The number of hydrogen-bond acceptors (Lipinski definition) is 7. The van der Waals surface area contributed by atoms with E-state index in [1.54, 1.807) is 41.9 Å². The standard InChI is InChI=1S/C24H25N3O3S2/c1-29-20-11-16-7-8-26(14-17(16)12-21(20)30-2)15-24(28)27-19(23-6-4-10-32-23)13-18(25-27)22-5-3-9-31-22/h3-6,9-12,19H,7-8,13-15H2,1-2H3. The molecule has 2 aliphatic heterocycles. The van der Waals surface area contributed by atoms with Gasteiger partial charge in [-0.2, -0.15) is 5.10 Å². The third kappa shape index (κ3) is 4.05. The van der Waals surface area contributed by atoms with Crippen LogP contribution in [0, 0.1) is 0 Å². The van der Waals surface area contributed by atoms with Crippen LogP contribution < -0.4 is 9.47 Å². The summed E-state index contributed by atoms with van der Waals surface area (Å²) in [6.45, 7) is 1.88. The molecule has 0 aliphatic carbocycles. The first kappa shape index (κ1) is 21.2. The summed E-state index contributed by atoms with van der Waals surface area (Å²) in [7, 11) is 3.30. The molecule has 2 aromatic heterocycles.